The predicted octanol–water partition coefficient (Wildman–Crippen LogP) is 2.82. The Kier molecular flexibility index (Phi) is 5.18. The molecule has 1 aromatic rings. The van der Waals surface area contributed by atoms with E-state index in [1.165, 1.54) is 9.88 Å². The summed E-state index contributed by atoms with van der Waals surface area (Å²) in [5, 5.41) is 4.74. The minimum atomic E-state index is 0.119. The second kappa shape index (κ2) is 6.52. The molecule has 0 aromatic carbocycles. The van der Waals surface area contributed by atoms with Crippen LogP contribution in [0.4, 0.5) is 0 Å². The van der Waals surface area contributed by atoms with Crippen molar-refractivity contribution in [1.82, 2.24) is 10.3 Å². The molecule has 2 unspecified atom stereocenters. The van der Waals surface area contributed by atoms with Gasteiger partial charge in [0, 0.05) is 22.9 Å². The lowest BCUT2D eigenvalue weighted by atomic mass is 9.98. The second-order valence-electron chi connectivity index (χ2n) is 6.42. The zero-order valence-corrected chi connectivity index (χ0v) is 14.0. The summed E-state index contributed by atoms with van der Waals surface area (Å²) in [6.07, 6.45) is 0.168. The molecule has 1 aliphatic rings. The fourth-order valence-electron chi connectivity index (χ4n) is 2.19. The monoisotopic (exact) mass is 298 g/mol. The first-order valence-electron chi connectivity index (χ1n) is 7.28. The minimum absolute atomic E-state index is 0.119. The molecule has 0 radical (unpaired) electrons. The first-order valence-corrected chi connectivity index (χ1v) is 8.10. The first-order chi connectivity index (χ1) is 9.38. The molecule has 1 aliphatic heterocycles. The molecular weight excluding hydrogens is 272 g/mol. The summed E-state index contributed by atoms with van der Waals surface area (Å²) >= 11 is 1.82. The standard InChI is InChI=1S/C15H26N2O2S/c1-10(16-8-12-9-18-6-7-19-12)13-11(2)17-14(20-13)15(3,4)5/h10,12,16H,6-9H2,1-5H3. The van der Waals surface area contributed by atoms with E-state index in [2.05, 4.69) is 39.9 Å². The van der Waals surface area contributed by atoms with Crippen molar-refractivity contribution in [1.29, 1.82) is 0 Å². The lowest BCUT2D eigenvalue weighted by molar-refractivity contribution is -0.0869. The number of nitrogens with zero attached hydrogens (tertiary/aromatic N) is 1. The molecule has 0 spiro atoms. The van der Waals surface area contributed by atoms with Crippen molar-refractivity contribution in [3.8, 4) is 0 Å². The first kappa shape index (κ1) is 15.9. The fraction of sp³-hybridized carbons (Fsp3) is 0.800. The smallest absolute Gasteiger partial charge is 0.0985 e. The Bertz CT molecular complexity index is 434. The summed E-state index contributed by atoms with van der Waals surface area (Å²) in [5.41, 5.74) is 1.26. The van der Waals surface area contributed by atoms with Crippen LogP contribution in [0.3, 0.4) is 0 Å². The van der Waals surface area contributed by atoms with Crippen LogP contribution in [0.5, 0.6) is 0 Å². The van der Waals surface area contributed by atoms with E-state index in [1.807, 2.05) is 11.3 Å². The molecule has 114 valence electrons. The number of aromatic nitrogens is 1. The van der Waals surface area contributed by atoms with Crippen molar-refractivity contribution in [2.45, 2.75) is 52.2 Å². The van der Waals surface area contributed by atoms with E-state index >= 15 is 0 Å². The van der Waals surface area contributed by atoms with Crippen molar-refractivity contribution in [2.24, 2.45) is 0 Å². The van der Waals surface area contributed by atoms with Gasteiger partial charge in [-0.05, 0) is 13.8 Å². The number of thiazole rings is 1. The van der Waals surface area contributed by atoms with E-state index in [0.29, 0.717) is 19.3 Å². The van der Waals surface area contributed by atoms with Crippen LogP contribution in [0.2, 0.25) is 0 Å². The number of aryl methyl sites for hydroxylation is 1. The lowest BCUT2D eigenvalue weighted by Gasteiger charge is -2.24. The molecule has 1 saturated heterocycles. The highest BCUT2D eigenvalue weighted by Gasteiger charge is 2.23. The van der Waals surface area contributed by atoms with Crippen LogP contribution in [0.25, 0.3) is 0 Å². The topological polar surface area (TPSA) is 43.4 Å². The van der Waals surface area contributed by atoms with Gasteiger partial charge in [0.1, 0.15) is 0 Å². The van der Waals surface area contributed by atoms with Gasteiger partial charge in [0.25, 0.3) is 0 Å². The summed E-state index contributed by atoms with van der Waals surface area (Å²) in [6.45, 7) is 13.8. The van der Waals surface area contributed by atoms with Crippen LogP contribution in [-0.4, -0.2) is 37.5 Å². The number of nitrogens with one attached hydrogen (secondary N) is 1. The van der Waals surface area contributed by atoms with E-state index in [-0.39, 0.29) is 11.5 Å². The quantitative estimate of drug-likeness (QED) is 0.928. The van der Waals surface area contributed by atoms with Crippen molar-refractivity contribution >= 4 is 11.3 Å². The van der Waals surface area contributed by atoms with Crippen LogP contribution in [0.1, 0.15) is 49.3 Å². The molecule has 0 bridgehead atoms. The molecule has 4 nitrogen and oxygen atoms in total. The van der Waals surface area contributed by atoms with Gasteiger partial charge in [-0.25, -0.2) is 4.98 Å². The Morgan fingerprint density at radius 2 is 2.15 bits per heavy atom. The van der Waals surface area contributed by atoms with Gasteiger partial charge in [-0.2, -0.15) is 0 Å². The average molecular weight is 298 g/mol. The summed E-state index contributed by atoms with van der Waals surface area (Å²) < 4.78 is 11.1. The zero-order valence-electron chi connectivity index (χ0n) is 13.2. The maximum absolute atomic E-state index is 5.65. The normalized spacial score (nSPS) is 21.9. The molecule has 0 saturated carbocycles. The van der Waals surface area contributed by atoms with Crippen molar-refractivity contribution in [3.63, 3.8) is 0 Å². The molecule has 0 amide bonds. The SMILES string of the molecule is Cc1nc(C(C)(C)C)sc1C(C)NCC1COCCO1. The van der Waals surface area contributed by atoms with Gasteiger partial charge in [0.15, 0.2) is 0 Å². The molecule has 2 atom stereocenters. The molecule has 2 rings (SSSR count). The van der Waals surface area contributed by atoms with Crippen LogP contribution in [0.15, 0.2) is 0 Å². The number of ether oxygens (including phenoxy) is 2. The highest BCUT2D eigenvalue weighted by Crippen LogP contribution is 2.32. The Morgan fingerprint density at radius 1 is 1.40 bits per heavy atom. The van der Waals surface area contributed by atoms with Gasteiger partial charge >= 0.3 is 0 Å². The molecule has 1 N–H and O–H groups in total. The zero-order chi connectivity index (χ0) is 14.8. The summed E-state index contributed by atoms with van der Waals surface area (Å²) in [7, 11) is 0. The maximum atomic E-state index is 5.65. The highest BCUT2D eigenvalue weighted by atomic mass is 32.1. The average Bonchev–Trinajstić information content (AvgIpc) is 2.79. The van der Waals surface area contributed by atoms with Crippen molar-refractivity contribution < 1.29 is 9.47 Å². The fourth-order valence-corrected chi connectivity index (χ4v) is 3.34. The van der Waals surface area contributed by atoms with Crippen LogP contribution >= 0.6 is 11.3 Å². The van der Waals surface area contributed by atoms with Gasteiger partial charge in [-0.15, -0.1) is 11.3 Å². The third kappa shape index (κ3) is 4.01. The summed E-state index contributed by atoms with van der Waals surface area (Å²) in [4.78, 5) is 6.05. The van der Waals surface area contributed by atoms with E-state index < -0.39 is 0 Å². The molecule has 20 heavy (non-hydrogen) atoms. The van der Waals surface area contributed by atoms with Gasteiger partial charge in [-0.3, -0.25) is 0 Å². The van der Waals surface area contributed by atoms with E-state index in [9.17, 15) is 0 Å². The molecule has 2 heterocycles. The van der Waals surface area contributed by atoms with Gasteiger partial charge in [0.05, 0.1) is 36.6 Å². The highest BCUT2D eigenvalue weighted by molar-refractivity contribution is 7.12. The Morgan fingerprint density at radius 3 is 2.70 bits per heavy atom. The van der Waals surface area contributed by atoms with E-state index in [0.717, 1.165) is 18.8 Å². The summed E-state index contributed by atoms with van der Waals surface area (Å²) in [5.74, 6) is 0. The number of hydrogen-bond donors (Lipinski definition) is 1. The van der Waals surface area contributed by atoms with Crippen LogP contribution in [-0.2, 0) is 14.9 Å². The van der Waals surface area contributed by atoms with Gasteiger partial charge in [0.2, 0.25) is 0 Å². The van der Waals surface area contributed by atoms with Crippen LogP contribution < -0.4 is 5.32 Å². The molecule has 1 aromatic heterocycles. The third-order valence-corrected chi connectivity index (χ3v) is 5.17. The molecular formula is C15H26N2O2S. The Labute approximate surface area is 125 Å². The number of hydrogen-bond acceptors (Lipinski definition) is 5. The lowest BCUT2D eigenvalue weighted by Crippen LogP contribution is -2.38. The van der Waals surface area contributed by atoms with Crippen molar-refractivity contribution in [3.05, 3.63) is 15.6 Å². The second-order valence-corrected chi connectivity index (χ2v) is 7.45. The van der Waals surface area contributed by atoms with Crippen LogP contribution in [0, 0.1) is 6.92 Å². The Balaban J connectivity index is 1.94. The Hall–Kier alpha value is -0.490. The van der Waals surface area contributed by atoms with E-state index in [1.54, 1.807) is 0 Å². The molecule has 1 fully saturated rings. The van der Waals surface area contributed by atoms with Gasteiger partial charge in [-0.1, -0.05) is 20.8 Å². The summed E-state index contributed by atoms with van der Waals surface area (Å²) in [6, 6.07) is 0.300. The van der Waals surface area contributed by atoms with E-state index in [4.69, 9.17) is 14.5 Å². The van der Waals surface area contributed by atoms with Crippen molar-refractivity contribution in [2.75, 3.05) is 26.4 Å². The molecule has 5 heteroatoms. The van der Waals surface area contributed by atoms with Gasteiger partial charge < -0.3 is 14.8 Å². The maximum Gasteiger partial charge on any atom is 0.0985 e. The molecule has 0 aliphatic carbocycles. The largest absolute Gasteiger partial charge is 0.376 e. The number of rotatable bonds is 4. The minimum Gasteiger partial charge on any atom is -0.376 e. The third-order valence-electron chi connectivity index (χ3n) is 3.40. The predicted molar refractivity (Wildman–Crippen MR) is 82.5 cm³/mol.